The summed E-state index contributed by atoms with van der Waals surface area (Å²) in [5.74, 6) is -1.42. The first kappa shape index (κ1) is 18.9. The van der Waals surface area contributed by atoms with Crippen LogP contribution in [0.3, 0.4) is 0 Å². The molecule has 6 heteroatoms. The Kier molecular flexibility index (Phi) is 4.91. The molecule has 0 saturated carbocycles. The summed E-state index contributed by atoms with van der Waals surface area (Å²) >= 11 is 6.43. The maximum absolute atomic E-state index is 13.0. The van der Waals surface area contributed by atoms with Gasteiger partial charge in [0.05, 0.1) is 11.6 Å². The molecule has 4 rings (SSSR count). The first-order valence-corrected chi connectivity index (χ1v) is 9.41. The number of anilines is 1. The van der Waals surface area contributed by atoms with E-state index in [1.807, 2.05) is 13.0 Å². The highest BCUT2D eigenvalue weighted by Gasteiger charge is 2.48. The molecule has 1 fully saturated rings. The number of Topliss-reactive ketones (excluding diaryl/α,β-unsaturated/α-hetero) is 1. The number of aryl methyl sites for hydroxylation is 1. The smallest absolute Gasteiger partial charge is 0.301 e. The molecule has 0 spiro atoms. The van der Waals surface area contributed by atoms with E-state index in [9.17, 15) is 14.7 Å². The van der Waals surface area contributed by atoms with E-state index in [0.717, 1.165) is 5.56 Å². The highest BCUT2D eigenvalue weighted by atomic mass is 35.5. The second-order valence-electron chi connectivity index (χ2n) is 6.70. The third-order valence-electron chi connectivity index (χ3n) is 4.90. The second-order valence-corrected chi connectivity index (χ2v) is 7.11. The zero-order valence-electron chi connectivity index (χ0n) is 15.5. The van der Waals surface area contributed by atoms with Crippen LogP contribution in [-0.4, -0.2) is 21.8 Å². The lowest BCUT2D eigenvalue weighted by Gasteiger charge is -2.26. The number of carbonyl (C=O) groups is 2. The lowest BCUT2D eigenvalue weighted by molar-refractivity contribution is -0.132. The second kappa shape index (κ2) is 7.53. The number of benzene rings is 2. The molecule has 1 aromatic heterocycles. The van der Waals surface area contributed by atoms with Crippen molar-refractivity contribution in [3.63, 3.8) is 0 Å². The molecular formula is C23H17ClN2O3. The Morgan fingerprint density at radius 3 is 2.38 bits per heavy atom. The molecular weight excluding hydrogens is 388 g/mol. The Morgan fingerprint density at radius 1 is 1.00 bits per heavy atom. The number of halogens is 1. The van der Waals surface area contributed by atoms with Crippen LogP contribution >= 0.6 is 11.6 Å². The molecule has 2 heterocycles. The number of amides is 1. The molecule has 2 aromatic carbocycles. The zero-order valence-corrected chi connectivity index (χ0v) is 16.3. The molecule has 144 valence electrons. The van der Waals surface area contributed by atoms with Gasteiger partial charge in [-0.15, -0.1) is 0 Å². The molecule has 0 radical (unpaired) electrons. The summed E-state index contributed by atoms with van der Waals surface area (Å²) in [6.07, 6.45) is 1.56. The van der Waals surface area contributed by atoms with Crippen molar-refractivity contribution >= 4 is 34.9 Å². The molecule has 1 amide bonds. The quantitative estimate of drug-likeness (QED) is 0.391. The minimum Gasteiger partial charge on any atom is -0.507 e. The van der Waals surface area contributed by atoms with Crippen LogP contribution in [0.4, 0.5) is 5.82 Å². The monoisotopic (exact) mass is 404 g/mol. The van der Waals surface area contributed by atoms with E-state index in [1.165, 1.54) is 4.90 Å². The standard InChI is InChI=1S/C23H17ClN2O3/c1-14-8-7-13-25-22(14)26-19(16-11-5-6-12-17(16)24)18(21(28)23(26)29)20(27)15-9-3-2-4-10-15/h2-13,19,27H,1H3. The van der Waals surface area contributed by atoms with Crippen LogP contribution in [0.25, 0.3) is 5.76 Å². The number of hydrogen-bond acceptors (Lipinski definition) is 4. The Morgan fingerprint density at radius 2 is 1.69 bits per heavy atom. The molecule has 1 aliphatic rings. The largest absolute Gasteiger partial charge is 0.507 e. The van der Waals surface area contributed by atoms with E-state index in [-0.39, 0.29) is 11.3 Å². The summed E-state index contributed by atoms with van der Waals surface area (Å²) in [7, 11) is 0. The fraction of sp³-hybridized carbons (Fsp3) is 0.0870. The Balaban J connectivity index is 2.01. The van der Waals surface area contributed by atoms with E-state index in [0.29, 0.717) is 22.0 Å². The molecule has 1 unspecified atom stereocenters. The van der Waals surface area contributed by atoms with Crippen LogP contribution in [0, 0.1) is 6.92 Å². The Hall–Kier alpha value is -3.44. The first-order valence-electron chi connectivity index (χ1n) is 9.03. The highest BCUT2D eigenvalue weighted by Crippen LogP contribution is 2.44. The van der Waals surface area contributed by atoms with Crippen molar-refractivity contribution in [1.82, 2.24) is 4.98 Å². The van der Waals surface area contributed by atoms with Gasteiger partial charge in [-0.2, -0.15) is 0 Å². The number of aromatic nitrogens is 1. The van der Waals surface area contributed by atoms with Crippen LogP contribution < -0.4 is 4.90 Å². The molecule has 0 aliphatic carbocycles. The topological polar surface area (TPSA) is 70.5 Å². The van der Waals surface area contributed by atoms with Gasteiger partial charge >= 0.3 is 5.91 Å². The molecule has 1 saturated heterocycles. The van der Waals surface area contributed by atoms with Gasteiger partial charge in [0.25, 0.3) is 5.78 Å². The number of pyridine rings is 1. The van der Waals surface area contributed by atoms with Gasteiger partial charge in [-0.25, -0.2) is 4.98 Å². The summed E-state index contributed by atoms with van der Waals surface area (Å²) in [5, 5.41) is 11.4. The average molecular weight is 405 g/mol. The van der Waals surface area contributed by atoms with Gasteiger partial charge in [0, 0.05) is 16.8 Å². The van der Waals surface area contributed by atoms with Crippen molar-refractivity contribution in [2.24, 2.45) is 0 Å². The zero-order chi connectivity index (χ0) is 20.5. The summed E-state index contributed by atoms with van der Waals surface area (Å²) in [6, 6.07) is 18.3. The molecule has 1 atom stereocenters. The van der Waals surface area contributed by atoms with Crippen LogP contribution in [0.5, 0.6) is 0 Å². The van der Waals surface area contributed by atoms with Crippen LogP contribution in [0.2, 0.25) is 5.02 Å². The number of aliphatic hydroxyl groups is 1. The average Bonchev–Trinajstić information content (AvgIpc) is 2.99. The summed E-state index contributed by atoms with van der Waals surface area (Å²) in [6.45, 7) is 1.81. The van der Waals surface area contributed by atoms with Crippen molar-refractivity contribution in [3.05, 3.63) is 100 Å². The van der Waals surface area contributed by atoms with Gasteiger partial charge in [0.2, 0.25) is 0 Å². The van der Waals surface area contributed by atoms with Gasteiger partial charge in [-0.1, -0.05) is 66.2 Å². The van der Waals surface area contributed by atoms with Crippen LogP contribution in [0.1, 0.15) is 22.7 Å². The predicted molar refractivity (Wildman–Crippen MR) is 112 cm³/mol. The SMILES string of the molecule is Cc1cccnc1N1C(=O)C(=O)C(=C(O)c2ccccc2)C1c1ccccc1Cl. The van der Waals surface area contributed by atoms with Crippen LogP contribution in [-0.2, 0) is 9.59 Å². The van der Waals surface area contributed by atoms with Crippen molar-refractivity contribution in [3.8, 4) is 0 Å². The summed E-state index contributed by atoms with van der Waals surface area (Å²) < 4.78 is 0. The lowest BCUT2D eigenvalue weighted by Crippen LogP contribution is -2.31. The Bertz CT molecular complexity index is 1140. The summed E-state index contributed by atoms with van der Waals surface area (Å²) in [5.41, 5.74) is 1.70. The van der Waals surface area contributed by atoms with Crippen molar-refractivity contribution in [2.75, 3.05) is 4.90 Å². The van der Waals surface area contributed by atoms with E-state index in [2.05, 4.69) is 4.98 Å². The Labute approximate surface area is 172 Å². The molecule has 1 N–H and O–H groups in total. The highest BCUT2D eigenvalue weighted by molar-refractivity contribution is 6.52. The minimum atomic E-state index is -0.891. The number of hydrogen-bond donors (Lipinski definition) is 1. The van der Waals surface area contributed by atoms with Crippen LogP contribution in [0.15, 0.2) is 78.5 Å². The molecule has 5 nitrogen and oxygen atoms in total. The van der Waals surface area contributed by atoms with Gasteiger partial charge < -0.3 is 5.11 Å². The van der Waals surface area contributed by atoms with Crippen molar-refractivity contribution in [2.45, 2.75) is 13.0 Å². The van der Waals surface area contributed by atoms with E-state index < -0.39 is 17.7 Å². The minimum absolute atomic E-state index is 0.0145. The van der Waals surface area contributed by atoms with E-state index in [4.69, 9.17) is 11.6 Å². The normalized spacial score (nSPS) is 18.3. The fourth-order valence-electron chi connectivity index (χ4n) is 3.52. The van der Waals surface area contributed by atoms with Gasteiger partial charge in [0.1, 0.15) is 11.6 Å². The number of aliphatic hydroxyl groups excluding tert-OH is 1. The van der Waals surface area contributed by atoms with E-state index >= 15 is 0 Å². The van der Waals surface area contributed by atoms with Gasteiger partial charge in [-0.05, 0) is 30.2 Å². The number of ketones is 1. The molecule has 3 aromatic rings. The van der Waals surface area contributed by atoms with Gasteiger partial charge in [-0.3, -0.25) is 14.5 Å². The maximum atomic E-state index is 13.0. The predicted octanol–water partition coefficient (Wildman–Crippen LogP) is 4.67. The maximum Gasteiger partial charge on any atom is 0.301 e. The molecule has 0 bridgehead atoms. The molecule has 1 aliphatic heterocycles. The van der Waals surface area contributed by atoms with Gasteiger partial charge in [0.15, 0.2) is 0 Å². The van der Waals surface area contributed by atoms with E-state index in [1.54, 1.807) is 66.9 Å². The third-order valence-corrected chi connectivity index (χ3v) is 5.25. The molecule has 29 heavy (non-hydrogen) atoms. The number of carbonyl (C=O) groups excluding carboxylic acids is 2. The third kappa shape index (κ3) is 3.19. The first-order chi connectivity index (χ1) is 14.0. The number of nitrogens with zero attached hydrogens (tertiary/aromatic N) is 2. The fourth-order valence-corrected chi connectivity index (χ4v) is 3.76. The van der Waals surface area contributed by atoms with Crippen molar-refractivity contribution < 1.29 is 14.7 Å². The lowest BCUT2D eigenvalue weighted by atomic mass is 9.95. The summed E-state index contributed by atoms with van der Waals surface area (Å²) in [4.78, 5) is 31.7. The van der Waals surface area contributed by atoms with Crippen molar-refractivity contribution in [1.29, 1.82) is 0 Å². The number of rotatable bonds is 3.